The van der Waals surface area contributed by atoms with Gasteiger partial charge in [-0.1, -0.05) is 13.8 Å². The highest BCUT2D eigenvalue weighted by Gasteiger charge is 2.30. The second-order valence-electron chi connectivity index (χ2n) is 7.19. The van der Waals surface area contributed by atoms with Crippen LogP contribution in [-0.2, 0) is 24.0 Å². The molecule has 0 aromatic carbocycles. The number of thiol groups is 1. The van der Waals surface area contributed by atoms with Gasteiger partial charge in [-0.05, 0) is 30.8 Å². The van der Waals surface area contributed by atoms with Crippen LogP contribution < -0.4 is 21.7 Å². The van der Waals surface area contributed by atoms with Crippen LogP contribution in [0.5, 0.6) is 0 Å². The maximum absolute atomic E-state index is 12.7. The fourth-order valence-electron chi connectivity index (χ4n) is 2.34. The maximum Gasteiger partial charge on any atom is 0.326 e. The van der Waals surface area contributed by atoms with Crippen LogP contribution in [0.2, 0.25) is 0 Å². The largest absolute Gasteiger partial charge is 0.481 e. The number of carbonyl (C=O) groups excluding carboxylic acids is 3. The van der Waals surface area contributed by atoms with E-state index in [2.05, 4.69) is 28.6 Å². The minimum atomic E-state index is -1.43. The van der Waals surface area contributed by atoms with Crippen LogP contribution in [0.4, 0.5) is 0 Å². The third kappa shape index (κ3) is 11.3. The van der Waals surface area contributed by atoms with Gasteiger partial charge in [-0.3, -0.25) is 19.2 Å². The molecule has 4 atom stereocenters. The minimum absolute atomic E-state index is 0.140. The highest BCUT2D eigenvalue weighted by molar-refractivity contribution is 7.98. The molecule has 0 saturated heterocycles. The Morgan fingerprint density at radius 3 is 1.87 bits per heavy atom. The van der Waals surface area contributed by atoms with Crippen molar-refractivity contribution in [2.75, 3.05) is 17.8 Å². The lowest BCUT2D eigenvalue weighted by Gasteiger charge is -2.25. The van der Waals surface area contributed by atoms with Crippen molar-refractivity contribution in [2.45, 2.75) is 57.3 Å². The van der Waals surface area contributed by atoms with E-state index >= 15 is 0 Å². The van der Waals surface area contributed by atoms with Crippen molar-refractivity contribution in [3.05, 3.63) is 0 Å². The third-order valence-electron chi connectivity index (χ3n) is 4.34. The van der Waals surface area contributed by atoms with Crippen LogP contribution in [-0.4, -0.2) is 81.8 Å². The summed E-state index contributed by atoms with van der Waals surface area (Å²) >= 11 is 5.50. The van der Waals surface area contributed by atoms with Crippen molar-refractivity contribution in [3.8, 4) is 0 Å². The Hall–Kier alpha value is -1.99. The number of carboxylic acid groups (broad SMARTS) is 2. The van der Waals surface area contributed by atoms with Gasteiger partial charge in [0.05, 0.1) is 6.04 Å². The van der Waals surface area contributed by atoms with Crippen molar-refractivity contribution in [1.82, 2.24) is 16.0 Å². The predicted octanol–water partition coefficient (Wildman–Crippen LogP) is -0.944. The van der Waals surface area contributed by atoms with Crippen molar-refractivity contribution < 1.29 is 34.2 Å². The van der Waals surface area contributed by atoms with Gasteiger partial charge >= 0.3 is 11.9 Å². The third-order valence-corrected chi connectivity index (χ3v) is 5.35. The molecule has 0 rings (SSSR count). The molecule has 11 nitrogen and oxygen atoms in total. The normalized spacial score (nSPS) is 14.8. The zero-order valence-electron chi connectivity index (χ0n) is 17.8. The van der Waals surface area contributed by atoms with E-state index in [0.717, 1.165) is 0 Å². The summed E-state index contributed by atoms with van der Waals surface area (Å²) in [6.07, 6.45) is 1.36. The summed E-state index contributed by atoms with van der Waals surface area (Å²) in [5.74, 6) is -4.28. The lowest BCUT2D eigenvalue weighted by molar-refractivity contribution is -0.143. The first-order valence-corrected chi connectivity index (χ1v) is 11.7. The van der Waals surface area contributed by atoms with Crippen molar-refractivity contribution >= 4 is 54.1 Å². The number of carboxylic acids is 2. The van der Waals surface area contributed by atoms with E-state index in [-0.39, 0.29) is 18.1 Å². The van der Waals surface area contributed by atoms with Crippen LogP contribution in [0.25, 0.3) is 0 Å². The zero-order valence-corrected chi connectivity index (χ0v) is 19.5. The Morgan fingerprint density at radius 2 is 1.42 bits per heavy atom. The number of carbonyl (C=O) groups is 5. The van der Waals surface area contributed by atoms with Gasteiger partial charge in [-0.25, -0.2) is 4.79 Å². The lowest BCUT2D eigenvalue weighted by Crippen LogP contribution is -2.58. The number of nitrogens with one attached hydrogen (secondary N) is 3. The molecule has 0 aromatic heterocycles. The first-order chi connectivity index (χ1) is 14.4. The van der Waals surface area contributed by atoms with E-state index in [1.165, 1.54) is 11.8 Å². The van der Waals surface area contributed by atoms with Gasteiger partial charge in [-0.2, -0.15) is 24.4 Å². The van der Waals surface area contributed by atoms with Crippen LogP contribution in [0, 0.1) is 5.92 Å². The smallest absolute Gasteiger partial charge is 0.326 e. The average molecular weight is 481 g/mol. The molecule has 0 aromatic rings. The van der Waals surface area contributed by atoms with Crippen molar-refractivity contribution in [3.63, 3.8) is 0 Å². The monoisotopic (exact) mass is 480 g/mol. The SMILES string of the molecule is CSCCC(NC(=O)C(N)C(C)C)C(=O)NC(CS)C(=O)NC(CCC(=O)O)C(=O)O. The average Bonchev–Trinajstić information content (AvgIpc) is 2.70. The highest BCUT2D eigenvalue weighted by atomic mass is 32.2. The summed E-state index contributed by atoms with van der Waals surface area (Å²) in [6, 6.07) is -4.37. The van der Waals surface area contributed by atoms with Crippen LogP contribution >= 0.6 is 24.4 Å². The predicted molar refractivity (Wildman–Crippen MR) is 120 cm³/mol. The molecule has 13 heteroatoms. The number of hydrogen-bond acceptors (Lipinski definition) is 8. The summed E-state index contributed by atoms with van der Waals surface area (Å²) in [7, 11) is 0. The van der Waals surface area contributed by atoms with E-state index < -0.39 is 60.2 Å². The first kappa shape index (κ1) is 29.0. The fraction of sp³-hybridized carbons (Fsp3) is 0.722. The van der Waals surface area contributed by atoms with Gasteiger partial charge in [0.25, 0.3) is 0 Å². The molecule has 3 amide bonds. The Bertz CT molecular complexity index is 648. The Labute approximate surface area is 191 Å². The summed E-state index contributed by atoms with van der Waals surface area (Å²) in [6.45, 7) is 3.54. The lowest BCUT2D eigenvalue weighted by atomic mass is 10.0. The Morgan fingerprint density at radius 1 is 0.903 bits per heavy atom. The summed E-state index contributed by atoms with van der Waals surface area (Å²) < 4.78 is 0. The van der Waals surface area contributed by atoms with E-state index in [9.17, 15) is 29.1 Å². The van der Waals surface area contributed by atoms with Crippen LogP contribution in [0.3, 0.4) is 0 Å². The van der Waals surface area contributed by atoms with Crippen LogP contribution in [0.15, 0.2) is 0 Å². The molecule has 0 heterocycles. The molecule has 0 aliphatic heterocycles. The van der Waals surface area contributed by atoms with Gasteiger partial charge in [0.15, 0.2) is 0 Å². The molecule has 7 N–H and O–H groups in total. The highest BCUT2D eigenvalue weighted by Crippen LogP contribution is 2.05. The molecule has 0 fully saturated rings. The molecule has 178 valence electrons. The number of amides is 3. The Kier molecular flexibility index (Phi) is 14.0. The quantitative estimate of drug-likeness (QED) is 0.145. The number of aliphatic carboxylic acids is 2. The summed E-state index contributed by atoms with van der Waals surface area (Å²) in [5.41, 5.74) is 5.82. The molecule has 0 aliphatic rings. The number of thioether (sulfide) groups is 1. The molecule has 0 saturated carbocycles. The fourth-order valence-corrected chi connectivity index (χ4v) is 3.07. The van der Waals surface area contributed by atoms with Gasteiger partial charge < -0.3 is 31.9 Å². The van der Waals surface area contributed by atoms with Gasteiger partial charge in [0, 0.05) is 12.2 Å². The van der Waals surface area contributed by atoms with Gasteiger partial charge in [-0.15, -0.1) is 0 Å². The summed E-state index contributed by atoms with van der Waals surface area (Å²) in [4.78, 5) is 59.3. The molecule has 0 spiro atoms. The van der Waals surface area contributed by atoms with Crippen molar-refractivity contribution in [1.29, 1.82) is 0 Å². The Balaban J connectivity index is 5.19. The number of hydrogen-bond donors (Lipinski definition) is 7. The van der Waals surface area contributed by atoms with Crippen molar-refractivity contribution in [2.24, 2.45) is 11.7 Å². The molecular formula is C18H32N4O7S2. The van der Waals surface area contributed by atoms with E-state index in [1.807, 2.05) is 6.26 Å². The van der Waals surface area contributed by atoms with E-state index in [4.69, 9.17) is 10.8 Å². The molecule has 0 radical (unpaired) electrons. The molecule has 0 aliphatic carbocycles. The first-order valence-electron chi connectivity index (χ1n) is 9.65. The van der Waals surface area contributed by atoms with E-state index in [1.54, 1.807) is 13.8 Å². The number of nitrogens with two attached hydrogens (primary N) is 1. The summed E-state index contributed by atoms with van der Waals surface area (Å²) in [5, 5.41) is 25.1. The molecule has 31 heavy (non-hydrogen) atoms. The topological polar surface area (TPSA) is 188 Å². The molecule has 4 unspecified atom stereocenters. The molecule has 0 bridgehead atoms. The molecular weight excluding hydrogens is 448 g/mol. The zero-order chi connectivity index (χ0) is 24.1. The minimum Gasteiger partial charge on any atom is -0.481 e. The van der Waals surface area contributed by atoms with Gasteiger partial charge in [0.2, 0.25) is 17.7 Å². The second kappa shape index (κ2) is 14.9. The maximum atomic E-state index is 12.7. The van der Waals surface area contributed by atoms with E-state index in [0.29, 0.717) is 12.2 Å². The second-order valence-corrected chi connectivity index (χ2v) is 8.54. The number of rotatable bonds is 15. The van der Waals surface area contributed by atoms with Crippen LogP contribution in [0.1, 0.15) is 33.1 Å². The van der Waals surface area contributed by atoms with Gasteiger partial charge in [0.1, 0.15) is 18.1 Å². The standard InChI is InChI=1S/C18H32N4O7S2/c1-9(2)14(19)17(27)20-10(6-7-31-3)15(25)22-12(8-30)16(26)21-11(18(28)29)4-5-13(23)24/h9-12,14,30H,4-8,19H2,1-3H3,(H,20,27)(H,21,26)(H,22,25)(H,23,24)(H,28,29).